The first-order valence-corrected chi connectivity index (χ1v) is 10.8. The van der Waals surface area contributed by atoms with Crippen LogP contribution in [0.15, 0.2) is 47.9 Å². The fourth-order valence-corrected chi connectivity index (χ4v) is 3.73. The van der Waals surface area contributed by atoms with E-state index in [1.807, 2.05) is 43.5 Å². The van der Waals surface area contributed by atoms with E-state index in [-0.39, 0.29) is 17.2 Å². The molecule has 2 heterocycles. The minimum atomic E-state index is -0.350. The number of carbonyl (C=O) groups is 1. The number of hydrogen-bond acceptors (Lipinski definition) is 5. The maximum atomic E-state index is 12.5. The Kier molecular flexibility index (Phi) is 7.16. The molecule has 0 spiro atoms. The Bertz CT molecular complexity index is 996. The zero-order valence-corrected chi connectivity index (χ0v) is 18.6. The zero-order valence-electron chi connectivity index (χ0n) is 16.3. The van der Waals surface area contributed by atoms with Gasteiger partial charge in [0.05, 0.1) is 21.0 Å². The molecule has 0 aliphatic rings. The Balaban J connectivity index is 2.00. The van der Waals surface area contributed by atoms with Gasteiger partial charge in [-0.1, -0.05) is 41.9 Å². The van der Waals surface area contributed by atoms with Crippen LogP contribution < -0.4 is 5.32 Å². The molecule has 1 amide bonds. The van der Waals surface area contributed by atoms with E-state index >= 15 is 0 Å². The van der Waals surface area contributed by atoms with Gasteiger partial charge in [0.2, 0.25) is 5.91 Å². The molecule has 0 unspecified atom stereocenters. The second-order valence-corrected chi connectivity index (χ2v) is 8.68. The number of benzene rings is 1. The number of nitrogens with one attached hydrogen (secondary N) is 1. The molecule has 152 valence electrons. The number of hydrogen-bond donors (Lipinski definition) is 1. The number of halogens is 2. The summed E-state index contributed by atoms with van der Waals surface area (Å²) >= 11 is 13.7. The molecule has 0 bridgehead atoms. The van der Waals surface area contributed by atoms with Gasteiger partial charge >= 0.3 is 0 Å². The van der Waals surface area contributed by atoms with Gasteiger partial charge in [0, 0.05) is 24.0 Å². The average Bonchev–Trinajstić information content (AvgIpc) is 3.14. The van der Waals surface area contributed by atoms with Gasteiger partial charge in [-0.05, 0) is 50.6 Å². The summed E-state index contributed by atoms with van der Waals surface area (Å²) in [5.41, 5.74) is 1.55. The molecule has 0 fully saturated rings. The third kappa shape index (κ3) is 5.10. The summed E-state index contributed by atoms with van der Waals surface area (Å²) in [5.74, 6) is 0.560. The molecule has 2 atom stereocenters. The summed E-state index contributed by atoms with van der Waals surface area (Å²) in [4.78, 5) is 16.7. The highest BCUT2D eigenvalue weighted by molar-refractivity contribution is 8.00. The van der Waals surface area contributed by atoms with Crippen molar-refractivity contribution < 1.29 is 4.79 Å². The van der Waals surface area contributed by atoms with E-state index in [0.29, 0.717) is 21.0 Å². The fourth-order valence-electron chi connectivity index (χ4n) is 2.56. The first kappa shape index (κ1) is 21.6. The summed E-state index contributed by atoms with van der Waals surface area (Å²) in [6, 6.07) is 9.16. The number of thioether (sulfide) groups is 1. The van der Waals surface area contributed by atoms with Crippen molar-refractivity contribution in [2.45, 2.75) is 43.6 Å². The van der Waals surface area contributed by atoms with Crippen LogP contribution >= 0.6 is 35.0 Å². The number of nitrogens with zero attached hydrogens (tertiary/aromatic N) is 4. The summed E-state index contributed by atoms with van der Waals surface area (Å²) in [7, 11) is 0. The van der Waals surface area contributed by atoms with Crippen LogP contribution in [0.1, 0.15) is 27.2 Å². The van der Waals surface area contributed by atoms with Crippen LogP contribution in [-0.4, -0.2) is 36.9 Å². The largest absolute Gasteiger partial charge is 0.353 e. The maximum Gasteiger partial charge on any atom is 0.233 e. The van der Waals surface area contributed by atoms with Gasteiger partial charge in [-0.2, -0.15) is 0 Å². The number of amides is 1. The minimum Gasteiger partial charge on any atom is -0.353 e. The van der Waals surface area contributed by atoms with Gasteiger partial charge in [0.25, 0.3) is 0 Å². The van der Waals surface area contributed by atoms with Crippen LogP contribution in [0, 0.1) is 0 Å². The molecule has 0 aliphatic heterocycles. The van der Waals surface area contributed by atoms with Gasteiger partial charge in [-0.15, -0.1) is 10.2 Å². The predicted molar refractivity (Wildman–Crippen MR) is 118 cm³/mol. The zero-order chi connectivity index (χ0) is 21.0. The first-order chi connectivity index (χ1) is 13.9. The Hall–Kier alpha value is -2.09. The van der Waals surface area contributed by atoms with Crippen LogP contribution in [-0.2, 0) is 4.79 Å². The number of rotatable bonds is 7. The van der Waals surface area contributed by atoms with Crippen LogP contribution in [0.3, 0.4) is 0 Å². The van der Waals surface area contributed by atoms with Crippen molar-refractivity contribution in [3.63, 3.8) is 0 Å². The van der Waals surface area contributed by atoms with Gasteiger partial charge in [-0.25, -0.2) is 0 Å². The minimum absolute atomic E-state index is 0.0454. The smallest absolute Gasteiger partial charge is 0.233 e. The Morgan fingerprint density at radius 1 is 1.21 bits per heavy atom. The van der Waals surface area contributed by atoms with Crippen molar-refractivity contribution >= 4 is 40.9 Å². The lowest BCUT2D eigenvalue weighted by atomic mass is 10.2. The molecule has 6 nitrogen and oxygen atoms in total. The third-order valence-electron chi connectivity index (χ3n) is 4.37. The highest BCUT2D eigenvalue weighted by Crippen LogP contribution is 2.32. The van der Waals surface area contributed by atoms with Gasteiger partial charge in [-0.3, -0.25) is 14.3 Å². The second kappa shape index (κ2) is 9.61. The first-order valence-electron chi connectivity index (χ1n) is 9.19. The average molecular weight is 450 g/mol. The molecule has 0 radical (unpaired) electrons. The SMILES string of the molecule is CC[C@@H](C)NC(=O)[C@@H](C)Sc1nnc(-c2cccnc2)n1-c1ccc(Cl)c(Cl)c1. The fraction of sp³-hybridized carbons (Fsp3) is 0.300. The quantitative estimate of drug-likeness (QED) is 0.511. The Morgan fingerprint density at radius 2 is 2.00 bits per heavy atom. The molecular formula is C20H21Cl2N5OS. The molecule has 0 aliphatic carbocycles. The Morgan fingerprint density at radius 3 is 2.66 bits per heavy atom. The highest BCUT2D eigenvalue weighted by Gasteiger charge is 2.23. The molecule has 3 rings (SSSR count). The maximum absolute atomic E-state index is 12.5. The highest BCUT2D eigenvalue weighted by atomic mass is 35.5. The van der Waals surface area contributed by atoms with E-state index in [4.69, 9.17) is 23.2 Å². The van der Waals surface area contributed by atoms with E-state index in [9.17, 15) is 4.79 Å². The van der Waals surface area contributed by atoms with Gasteiger partial charge < -0.3 is 5.32 Å². The van der Waals surface area contributed by atoms with E-state index in [1.54, 1.807) is 24.5 Å². The van der Waals surface area contributed by atoms with E-state index in [0.717, 1.165) is 17.7 Å². The van der Waals surface area contributed by atoms with Crippen LogP contribution in [0.5, 0.6) is 0 Å². The van der Waals surface area contributed by atoms with Crippen molar-refractivity contribution in [3.8, 4) is 17.1 Å². The van der Waals surface area contributed by atoms with Crippen molar-refractivity contribution in [3.05, 3.63) is 52.8 Å². The van der Waals surface area contributed by atoms with E-state index in [2.05, 4.69) is 20.5 Å². The number of carbonyl (C=O) groups excluding carboxylic acids is 1. The predicted octanol–water partition coefficient (Wildman–Crippen LogP) is 5.03. The molecule has 29 heavy (non-hydrogen) atoms. The topological polar surface area (TPSA) is 72.7 Å². The van der Waals surface area contributed by atoms with Crippen molar-refractivity contribution in [1.82, 2.24) is 25.1 Å². The summed E-state index contributed by atoms with van der Waals surface area (Å²) in [6.07, 6.45) is 4.28. The number of pyridine rings is 1. The molecule has 9 heteroatoms. The van der Waals surface area contributed by atoms with E-state index in [1.165, 1.54) is 11.8 Å². The van der Waals surface area contributed by atoms with Gasteiger partial charge in [0.15, 0.2) is 11.0 Å². The normalized spacial score (nSPS) is 13.1. The molecular weight excluding hydrogens is 429 g/mol. The number of aromatic nitrogens is 4. The van der Waals surface area contributed by atoms with Crippen molar-refractivity contribution in [2.75, 3.05) is 0 Å². The lowest BCUT2D eigenvalue weighted by Crippen LogP contribution is -2.37. The lowest BCUT2D eigenvalue weighted by Gasteiger charge is -2.16. The monoisotopic (exact) mass is 449 g/mol. The molecule has 1 N–H and O–H groups in total. The lowest BCUT2D eigenvalue weighted by molar-refractivity contribution is -0.120. The Labute approximate surface area is 184 Å². The van der Waals surface area contributed by atoms with E-state index < -0.39 is 0 Å². The van der Waals surface area contributed by atoms with Crippen molar-refractivity contribution in [2.24, 2.45) is 0 Å². The molecule has 3 aromatic rings. The molecule has 0 saturated carbocycles. The summed E-state index contributed by atoms with van der Waals surface area (Å²) in [6.45, 7) is 5.86. The second-order valence-electron chi connectivity index (χ2n) is 6.56. The standard InChI is InChI=1S/C20H21Cl2N5OS/c1-4-12(2)24-19(28)13(3)29-20-26-25-18(14-6-5-9-23-11-14)27(20)15-7-8-16(21)17(22)10-15/h5-13H,4H2,1-3H3,(H,24,28)/t12-,13-/m1/s1. The molecule has 2 aromatic heterocycles. The molecule has 0 saturated heterocycles. The van der Waals surface area contributed by atoms with Crippen LogP contribution in [0.25, 0.3) is 17.1 Å². The van der Waals surface area contributed by atoms with Crippen LogP contribution in [0.2, 0.25) is 10.0 Å². The van der Waals surface area contributed by atoms with Crippen LogP contribution in [0.4, 0.5) is 0 Å². The summed E-state index contributed by atoms with van der Waals surface area (Å²) < 4.78 is 1.86. The summed E-state index contributed by atoms with van der Waals surface area (Å²) in [5, 5.41) is 12.8. The van der Waals surface area contributed by atoms with Crippen molar-refractivity contribution in [1.29, 1.82) is 0 Å². The molecule has 1 aromatic carbocycles. The van der Waals surface area contributed by atoms with Gasteiger partial charge in [0.1, 0.15) is 0 Å². The third-order valence-corrected chi connectivity index (χ3v) is 6.15.